The van der Waals surface area contributed by atoms with Crippen LogP contribution in [0, 0.1) is 10.1 Å². The lowest BCUT2D eigenvalue weighted by molar-refractivity contribution is -0.384. The van der Waals surface area contributed by atoms with Crippen molar-refractivity contribution in [1.82, 2.24) is 9.88 Å². The number of aliphatic carboxylic acids is 1. The molecule has 1 amide bonds. The third kappa shape index (κ3) is 2.40. The fourth-order valence-electron chi connectivity index (χ4n) is 2.04. The number of rotatable bonds is 3. The molecule has 0 radical (unpaired) electrons. The van der Waals surface area contributed by atoms with Crippen LogP contribution in [0.15, 0.2) is 12.3 Å². The molecule has 2 atom stereocenters. The van der Waals surface area contributed by atoms with Crippen molar-refractivity contribution in [2.45, 2.75) is 18.6 Å². The highest BCUT2D eigenvalue weighted by molar-refractivity contribution is 5.96. The highest BCUT2D eigenvalue weighted by atomic mass is 16.6. The van der Waals surface area contributed by atoms with Crippen molar-refractivity contribution < 1.29 is 24.7 Å². The van der Waals surface area contributed by atoms with Crippen molar-refractivity contribution in [3.05, 3.63) is 28.1 Å². The minimum atomic E-state index is -1.22. The monoisotopic (exact) mass is 269 g/mol. The molecule has 2 rings (SSSR count). The molecule has 0 spiro atoms. The number of nitro groups is 1. The summed E-state index contributed by atoms with van der Waals surface area (Å²) in [7, 11) is 0. The molecule has 1 aliphatic heterocycles. The van der Waals surface area contributed by atoms with Crippen LogP contribution in [0.1, 0.15) is 16.9 Å². The van der Waals surface area contributed by atoms with Crippen LogP contribution in [0.5, 0.6) is 0 Å². The molecule has 0 aromatic carbocycles. The topological polar surface area (TPSA) is 137 Å². The fourth-order valence-corrected chi connectivity index (χ4v) is 2.04. The summed E-state index contributed by atoms with van der Waals surface area (Å²) in [5, 5.41) is 28.9. The Bertz CT molecular complexity index is 539. The van der Waals surface area contributed by atoms with E-state index < -0.39 is 28.9 Å². The lowest BCUT2D eigenvalue weighted by Crippen LogP contribution is -2.40. The summed E-state index contributed by atoms with van der Waals surface area (Å²) in [5.74, 6) is -1.90. The quantitative estimate of drug-likeness (QED) is 0.503. The SMILES string of the molecule is O=C(O)[C@H]1C[C@@H](O)CN1C(=O)c1cc([N+](=O)[O-])c[nH]1. The molecule has 1 saturated heterocycles. The number of carboxylic acids is 1. The van der Waals surface area contributed by atoms with Gasteiger partial charge in [-0.2, -0.15) is 0 Å². The first-order chi connectivity index (χ1) is 8.90. The van der Waals surface area contributed by atoms with E-state index in [0.29, 0.717) is 0 Å². The molecular weight excluding hydrogens is 258 g/mol. The Balaban J connectivity index is 2.22. The van der Waals surface area contributed by atoms with Gasteiger partial charge in [0.25, 0.3) is 11.6 Å². The van der Waals surface area contributed by atoms with Gasteiger partial charge in [-0.3, -0.25) is 14.9 Å². The van der Waals surface area contributed by atoms with Crippen molar-refractivity contribution in [3.8, 4) is 0 Å². The lowest BCUT2D eigenvalue weighted by atomic mass is 10.2. The van der Waals surface area contributed by atoms with Crippen LogP contribution < -0.4 is 0 Å². The standard InChI is InChI=1S/C10H11N3O6/c14-6-2-8(10(16)17)12(4-6)9(15)7-1-5(3-11-7)13(18)19/h1,3,6,8,11,14H,2,4H2,(H,16,17)/t6-,8-/m1/s1. The van der Waals surface area contributed by atoms with E-state index in [9.17, 15) is 24.8 Å². The molecule has 0 bridgehead atoms. The van der Waals surface area contributed by atoms with Gasteiger partial charge in [-0.05, 0) is 0 Å². The number of carbonyl (C=O) groups excluding carboxylic acids is 1. The maximum Gasteiger partial charge on any atom is 0.326 e. The second kappa shape index (κ2) is 4.69. The van der Waals surface area contributed by atoms with Gasteiger partial charge >= 0.3 is 5.97 Å². The van der Waals surface area contributed by atoms with E-state index in [-0.39, 0.29) is 24.3 Å². The number of carboxylic acid groups (broad SMARTS) is 1. The average Bonchev–Trinajstić information content (AvgIpc) is 2.94. The number of H-pyrrole nitrogens is 1. The number of hydrogen-bond acceptors (Lipinski definition) is 5. The molecule has 0 aliphatic carbocycles. The van der Waals surface area contributed by atoms with E-state index >= 15 is 0 Å². The van der Waals surface area contributed by atoms with Crippen molar-refractivity contribution in [1.29, 1.82) is 0 Å². The fraction of sp³-hybridized carbons (Fsp3) is 0.400. The van der Waals surface area contributed by atoms with Crippen LogP contribution in [0.4, 0.5) is 5.69 Å². The number of aliphatic hydroxyl groups is 1. The summed E-state index contributed by atoms with van der Waals surface area (Å²) >= 11 is 0. The summed E-state index contributed by atoms with van der Waals surface area (Å²) in [6.07, 6.45) is 0.0920. The number of hydrogen-bond donors (Lipinski definition) is 3. The molecule has 2 heterocycles. The number of carbonyl (C=O) groups is 2. The van der Waals surface area contributed by atoms with Crippen LogP contribution in [-0.2, 0) is 4.79 Å². The number of nitrogens with one attached hydrogen (secondary N) is 1. The van der Waals surface area contributed by atoms with Gasteiger partial charge in [-0.25, -0.2) is 4.79 Å². The van der Waals surface area contributed by atoms with E-state index in [1.807, 2.05) is 0 Å². The molecular formula is C10H11N3O6. The number of likely N-dealkylation sites (tertiary alicyclic amines) is 1. The highest BCUT2D eigenvalue weighted by Gasteiger charge is 2.39. The molecule has 1 aromatic heterocycles. The maximum absolute atomic E-state index is 12.0. The van der Waals surface area contributed by atoms with Crippen LogP contribution >= 0.6 is 0 Å². The Morgan fingerprint density at radius 2 is 2.21 bits per heavy atom. The Morgan fingerprint density at radius 3 is 2.74 bits per heavy atom. The largest absolute Gasteiger partial charge is 0.480 e. The average molecular weight is 269 g/mol. The van der Waals surface area contributed by atoms with Gasteiger partial charge in [-0.1, -0.05) is 0 Å². The smallest absolute Gasteiger partial charge is 0.326 e. The van der Waals surface area contributed by atoms with Gasteiger partial charge < -0.3 is 20.1 Å². The second-order valence-electron chi connectivity index (χ2n) is 4.23. The number of aromatic nitrogens is 1. The minimum absolute atomic E-state index is 0.0517. The maximum atomic E-state index is 12.0. The lowest BCUT2D eigenvalue weighted by Gasteiger charge is -2.20. The highest BCUT2D eigenvalue weighted by Crippen LogP contribution is 2.22. The van der Waals surface area contributed by atoms with Gasteiger partial charge in [0.15, 0.2) is 0 Å². The van der Waals surface area contributed by atoms with E-state index in [1.165, 1.54) is 0 Å². The van der Waals surface area contributed by atoms with Gasteiger partial charge in [0, 0.05) is 19.0 Å². The normalized spacial score (nSPS) is 22.5. The van der Waals surface area contributed by atoms with Crippen LogP contribution in [-0.4, -0.2) is 55.6 Å². The van der Waals surface area contributed by atoms with E-state index in [0.717, 1.165) is 17.2 Å². The Labute approximate surface area is 106 Å². The van der Waals surface area contributed by atoms with Gasteiger partial charge in [-0.15, -0.1) is 0 Å². The van der Waals surface area contributed by atoms with Crippen LogP contribution in [0.25, 0.3) is 0 Å². The number of nitrogens with zero attached hydrogens (tertiary/aromatic N) is 2. The van der Waals surface area contributed by atoms with Gasteiger partial charge in [0.05, 0.1) is 17.2 Å². The summed E-state index contributed by atoms with van der Waals surface area (Å²) in [4.78, 5) is 36.3. The van der Waals surface area contributed by atoms with Gasteiger partial charge in [0.1, 0.15) is 11.7 Å². The molecule has 9 nitrogen and oxygen atoms in total. The second-order valence-corrected chi connectivity index (χ2v) is 4.23. The van der Waals surface area contributed by atoms with Gasteiger partial charge in [0.2, 0.25) is 0 Å². The predicted octanol–water partition coefficient (Wildman–Crippen LogP) is -0.417. The Morgan fingerprint density at radius 1 is 1.53 bits per heavy atom. The predicted molar refractivity (Wildman–Crippen MR) is 60.5 cm³/mol. The summed E-state index contributed by atoms with van der Waals surface area (Å²) < 4.78 is 0. The van der Waals surface area contributed by atoms with Crippen molar-refractivity contribution in [3.63, 3.8) is 0 Å². The molecule has 9 heteroatoms. The zero-order chi connectivity index (χ0) is 14.2. The number of aromatic amines is 1. The summed E-state index contributed by atoms with van der Waals surface area (Å²) in [6, 6.07) is -0.0868. The zero-order valence-corrected chi connectivity index (χ0v) is 9.65. The number of β-amino-alcohol motifs (C(OH)–C–C–N with tert-alkyl or cyclic N) is 1. The van der Waals surface area contributed by atoms with E-state index in [1.54, 1.807) is 0 Å². The first-order valence-corrected chi connectivity index (χ1v) is 5.44. The number of aliphatic hydroxyl groups excluding tert-OH is 1. The molecule has 102 valence electrons. The number of amides is 1. The summed E-state index contributed by atoms with van der Waals surface area (Å²) in [5.41, 5.74) is -0.359. The minimum Gasteiger partial charge on any atom is -0.480 e. The Kier molecular flexibility index (Phi) is 3.21. The van der Waals surface area contributed by atoms with E-state index in [2.05, 4.69) is 4.98 Å². The third-order valence-corrected chi connectivity index (χ3v) is 2.93. The van der Waals surface area contributed by atoms with Crippen molar-refractivity contribution >= 4 is 17.6 Å². The zero-order valence-electron chi connectivity index (χ0n) is 9.65. The Hall–Kier alpha value is -2.42. The van der Waals surface area contributed by atoms with Crippen LogP contribution in [0.2, 0.25) is 0 Å². The molecule has 19 heavy (non-hydrogen) atoms. The molecule has 1 aromatic rings. The third-order valence-electron chi connectivity index (χ3n) is 2.93. The molecule has 0 saturated carbocycles. The first kappa shape index (κ1) is 13.0. The molecule has 1 aliphatic rings. The summed E-state index contributed by atoms with van der Waals surface area (Å²) in [6.45, 7) is -0.109. The van der Waals surface area contributed by atoms with Crippen molar-refractivity contribution in [2.24, 2.45) is 0 Å². The van der Waals surface area contributed by atoms with Crippen LogP contribution in [0.3, 0.4) is 0 Å². The molecule has 0 unspecified atom stereocenters. The first-order valence-electron chi connectivity index (χ1n) is 5.44. The van der Waals surface area contributed by atoms with E-state index in [4.69, 9.17) is 5.11 Å². The molecule has 3 N–H and O–H groups in total. The molecule has 1 fully saturated rings. The van der Waals surface area contributed by atoms with Crippen molar-refractivity contribution in [2.75, 3.05) is 6.54 Å².